The van der Waals surface area contributed by atoms with Gasteiger partial charge in [-0.05, 0) is 42.5 Å². The number of anilines is 2. The highest BCUT2D eigenvalue weighted by Gasteiger charge is 2.14. The van der Waals surface area contributed by atoms with Gasteiger partial charge in [-0.2, -0.15) is 0 Å². The summed E-state index contributed by atoms with van der Waals surface area (Å²) < 4.78 is 5.48. The third kappa shape index (κ3) is 5.84. The molecule has 0 aliphatic rings. The number of azo groups is 1. The molecule has 0 aliphatic heterocycles. The molecule has 1 atom stereocenters. The maximum absolute atomic E-state index is 12.2. The van der Waals surface area contributed by atoms with Gasteiger partial charge in [0.25, 0.3) is 0 Å². The molecule has 7 heteroatoms. The van der Waals surface area contributed by atoms with E-state index in [2.05, 4.69) is 29.1 Å². The number of para-hydroxylation sites is 1. The summed E-state index contributed by atoms with van der Waals surface area (Å²) in [7, 11) is 0. The second-order valence-electron chi connectivity index (χ2n) is 6.72. The number of rotatable bonds is 7. The van der Waals surface area contributed by atoms with E-state index in [1.807, 2.05) is 6.92 Å². The van der Waals surface area contributed by atoms with Gasteiger partial charge in [-0.1, -0.05) is 32.9 Å². The summed E-state index contributed by atoms with van der Waals surface area (Å²) in [4.78, 5) is 16.1. The predicted octanol–water partition coefficient (Wildman–Crippen LogP) is 4.64. The minimum atomic E-state index is -0.283. The van der Waals surface area contributed by atoms with Crippen molar-refractivity contribution in [2.75, 3.05) is 11.5 Å². The number of aromatic nitrogens is 1. The Hall–Kier alpha value is -2.96. The quantitative estimate of drug-likeness (QED) is 0.426. The first kappa shape index (κ1) is 19.4. The number of esters is 1. The molecule has 1 aromatic carbocycles. The highest BCUT2D eigenvalue weighted by atomic mass is 16.5. The summed E-state index contributed by atoms with van der Waals surface area (Å²) in [5, 5.41) is 8.21. The van der Waals surface area contributed by atoms with E-state index in [1.54, 1.807) is 36.4 Å². The lowest BCUT2D eigenvalue weighted by atomic mass is 9.96. The first-order valence-corrected chi connectivity index (χ1v) is 8.58. The smallest absolute Gasteiger partial charge is 0.311 e. The SMILES string of the molecule is CC(C)C[C@H](C)CC(=O)Oc1ccccc1N=Nc1ccc(N)nc1N. The standard InChI is InChI=1S/C19H25N5O2/c1-12(2)10-13(3)11-18(25)26-16-7-5-4-6-14(16)23-24-15-8-9-17(20)22-19(15)21/h4-9,12-13H,10-11H2,1-3H3,(H4,20,21,22)/t13-/m0/s1. The van der Waals surface area contributed by atoms with Crippen molar-refractivity contribution in [2.24, 2.45) is 22.1 Å². The first-order chi connectivity index (χ1) is 12.3. The average molecular weight is 355 g/mol. The molecule has 2 aromatic rings. The van der Waals surface area contributed by atoms with Gasteiger partial charge in [-0.3, -0.25) is 4.79 Å². The number of nitrogens with two attached hydrogens (primary N) is 2. The van der Waals surface area contributed by atoms with E-state index in [0.717, 1.165) is 6.42 Å². The van der Waals surface area contributed by atoms with Gasteiger partial charge in [0.1, 0.15) is 17.2 Å². The van der Waals surface area contributed by atoms with Crippen LogP contribution in [0.25, 0.3) is 0 Å². The number of nitrogens with zero attached hydrogens (tertiary/aromatic N) is 3. The van der Waals surface area contributed by atoms with E-state index in [-0.39, 0.29) is 17.7 Å². The van der Waals surface area contributed by atoms with Crippen LogP contribution in [0.3, 0.4) is 0 Å². The number of nitrogen functional groups attached to an aromatic ring is 2. The van der Waals surface area contributed by atoms with E-state index >= 15 is 0 Å². The molecular formula is C19H25N5O2. The molecule has 2 rings (SSSR count). The zero-order valence-corrected chi connectivity index (χ0v) is 15.3. The number of hydrogen-bond donors (Lipinski definition) is 2. The van der Waals surface area contributed by atoms with Crippen molar-refractivity contribution >= 4 is 29.0 Å². The molecule has 0 amide bonds. The highest BCUT2D eigenvalue weighted by Crippen LogP contribution is 2.31. The van der Waals surface area contributed by atoms with Crippen LogP contribution in [-0.4, -0.2) is 11.0 Å². The molecule has 4 N–H and O–H groups in total. The number of carbonyl (C=O) groups is 1. The molecule has 7 nitrogen and oxygen atoms in total. The Morgan fingerprint density at radius 3 is 2.46 bits per heavy atom. The fourth-order valence-corrected chi connectivity index (χ4v) is 2.64. The molecule has 0 saturated carbocycles. The Morgan fingerprint density at radius 2 is 1.77 bits per heavy atom. The van der Waals surface area contributed by atoms with Crippen LogP contribution >= 0.6 is 0 Å². The van der Waals surface area contributed by atoms with E-state index in [1.165, 1.54) is 0 Å². The Morgan fingerprint density at radius 1 is 1.08 bits per heavy atom. The summed E-state index contributed by atoms with van der Waals surface area (Å²) >= 11 is 0. The highest BCUT2D eigenvalue weighted by molar-refractivity contribution is 5.74. The summed E-state index contributed by atoms with van der Waals surface area (Å²) in [6, 6.07) is 10.2. The fourth-order valence-electron chi connectivity index (χ4n) is 2.64. The molecular weight excluding hydrogens is 330 g/mol. The van der Waals surface area contributed by atoms with Crippen molar-refractivity contribution < 1.29 is 9.53 Å². The third-order valence-corrected chi connectivity index (χ3v) is 3.67. The lowest BCUT2D eigenvalue weighted by Gasteiger charge is -2.13. The predicted molar refractivity (Wildman–Crippen MR) is 103 cm³/mol. The van der Waals surface area contributed by atoms with Crippen LogP contribution < -0.4 is 16.2 Å². The van der Waals surface area contributed by atoms with Crippen LogP contribution in [-0.2, 0) is 4.79 Å². The molecule has 0 radical (unpaired) electrons. The van der Waals surface area contributed by atoms with Crippen LogP contribution in [0.5, 0.6) is 5.75 Å². The van der Waals surface area contributed by atoms with Gasteiger partial charge in [-0.25, -0.2) is 4.98 Å². The lowest BCUT2D eigenvalue weighted by Crippen LogP contribution is -2.13. The summed E-state index contributed by atoms with van der Waals surface area (Å²) in [6.45, 7) is 6.31. The number of ether oxygens (including phenoxy) is 1. The summed E-state index contributed by atoms with van der Waals surface area (Å²) in [5.74, 6) is 1.38. The van der Waals surface area contributed by atoms with Crippen molar-refractivity contribution in [3.05, 3.63) is 36.4 Å². The largest absolute Gasteiger partial charge is 0.424 e. The van der Waals surface area contributed by atoms with E-state index in [4.69, 9.17) is 16.2 Å². The van der Waals surface area contributed by atoms with Crippen LogP contribution in [0.1, 0.15) is 33.6 Å². The Labute approximate surface area is 153 Å². The van der Waals surface area contributed by atoms with Gasteiger partial charge in [0.15, 0.2) is 11.6 Å². The summed E-state index contributed by atoms with van der Waals surface area (Å²) in [5.41, 5.74) is 12.2. The molecule has 0 bridgehead atoms. The molecule has 0 fully saturated rings. The monoisotopic (exact) mass is 355 g/mol. The van der Waals surface area contributed by atoms with Gasteiger partial charge in [-0.15, -0.1) is 10.2 Å². The maximum atomic E-state index is 12.2. The number of pyridine rings is 1. The minimum absolute atomic E-state index is 0.186. The second kappa shape index (κ2) is 8.94. The number of benzene rings is 1. The van der Waals surface area contributed by atoms with Crippen molar-refractivity contribution in [1.82, 2.24) is 4.98 Å². The van der Waals surface area contributed by atoms with Gasteiger partial charge in [0.2, 0.25) is 0 Å². The normalized spacial score (nSPS) is 12.5. The van der Waals surface area contributed by atoms with E-state index < -0.39 is 0 Å². The second-order valence-corrected chi connectivity index (χ2v) is 6.72. The number of hydrogen-bond acceptors (Lipinski definition) is 7. The van der Waals surface area contributed by atoms with E-state index in [0.29, 0.717) is 35.3 Å². The third-order valence-electron chi connectivity index (χ3n) is 3.67. The average Bonchev–Trinajstić information content (AvgIpc) is 2.54. The molecule has 0 spiro atoms. The molecule has 0 aliphatic carbocycles. The van der Waals surface area contributed by atoms with Gasteiger partial charge in [0.05, 0.1) is 0 Å². The zero-order valence-electron chi connectivity index (χ0n) is 15.3. The van der Waals surface area contributed by atoms with Crippen molar-refractivity contribution in [3.63, 3.8) is 0 Å². The summed E-state index contributed by atoms with van der Waals surface area (Å²) in [6.07, 6.45) is 1.33. The van der Waals surface area contributed by atoms with Crippen LogP contribution in [0.15, 0.2) is 46.6 Å². The Kier molecular flexibility index (Phi) is 6.66. The van der Waals surface area contributed by atoms with Crippen molar-refractivity contribution in [3.8, 4) is 5.75 Å². The van der Waals surface area contributed by atoms with Crippen molar-refractivity contribution in [2.45, 2.75) is 33.6 Å². The molecule has 1 heterocycles. The van der Waals surface area contributed by atoms with Gasteiger partial charge < -0.3 is 16.2 Å². The topological polar surface area (TPSA) is 116 Å². The Bertz CT molecular complexity index is 789. The molecule has 0 saturated heterocycles. The van der Waals surface area contributed by atoms with Gasteiger partial charge in [0, 0.05) is 6.42 Å². The molecule has 138 valence electrons. The molecule has 26 heavy (non-hydrogen) atoms. The maximum Gasteiger partial charge on any atom is 0.311 e. The number of carbonyl (C=O) groups excluding carboxylic acids is 1. The fraction of sp³-hybridized carbons (Fsp3) is 0.368. The zero-order chi connectivity index (χ0) is 19.1. The Balaban J connectivity index is 2.10. The molecule has 1 aromatic heterocycles. The van der Waals surface area contributed by atoms with Gasteiger partial charge >= 0.3 is 5.97 Å². The van der Waals surface area contributed by atoms with Crippen LogP contribution in [0.4, 0.5) is 23.0 Å². The lowest BCUT2D eigenvalue weighted by molar-refractivity contribution is -0.135. The first-order valence-electron chi connectivity index (χ1n) is 8.58. The van der Waals surface area contributed by atoms with E-state index in [9.17, 15) is 4.79 Å². The molecule has 0 unspecified atom stereocenters. The minimum Gasteiger partial charge on any atom is -0.424 e. The van der Waals surface area contributed by atoms with Crippen LogP contribution in [0.2, 0.25) is 0 Å². The van der Waals surface area contributed by atoms with Crippen molar-refractivity contribution in [1.29, 1.82) is 0 Å². The van der Waals surface area contributed by atoms with Crippen LogP contribution in [0, 0.1) is 11.8 Å².